The maximum absolute atomic E-state index is 9.81. The van der Waals surface area contributed by atoms with Crippen molar-refractivity contribution in [3.05, 3.63) is 0 Å². The molecule has 0 radical (unpaired) electrons. The number of hydrogen-bond donors (Lipinski definition) is 0. The molecule has 0 amide bonds. The highest BCUT2D eigenvalue weighted by Crippen LogP contribution is 2.11. The summed E-state index contributed by atoms with van der Waals surface area (Å²) in [6.45, 7) is 0. The molecule has 0 spiro atoms. The fourth-order valence-corrected chi connectivity index (χ4v) is 0.788. The zero-order valence-corrected chi connectivity index (χ0v) is 4.30. The highest BCUT2D eigenvalue weighted by Gasteiger charge is 2.30. The molecular formula is CH3NO4S. The Balaban J connectivity index is 2.61. The minimum absolute atomic E-state index is 0.745. The molecule has 1 fully saturated rings. The lowest BCUT2D eigenvalue weighted by atomic mass is 11.5. The molecule has 1 saturated heterocycles. The molecule has 0 unspecified atom stereocenters. The first-order valence-corrected chi connectivity index (χ1v) is 2.81. The van der Waals surface area contributed by atoms with Crippen LogP contribution in [0.4, 0.5) is 0 Å². The van der Waals surface area contributed by atoms with Crippen molar-refractivity contribution < 1.29 is 17.0 Å². The molecule has 0 N–H and O–H groups in total. The Bertz CT molecular complexity index is 147. The molecule has 1 aliphatic rings. The average Bonchev–Trinajstić information content (AvgIpc) is 1.27. The fraction of sp³-hybridized carbons (Fsp3) is 1.00. The molecule has 0 aromatic carbocycles. The molecule has 1 heterocycles. The molecule has 0 saturated carbocycles. The van der Waals surface area contributed by atoms with E-state index in [2.05, 4.69) is 8.57 Å². The zero-order chi connectivity index (χ0) is 5.49. The van der Waals surface area contributed by atoms with E-state index in [1.54, 1.807) is 0 Å². The Morgan fingerprint density at radius 1 is 1.43 bits per heavy atom. The van der Waals surface area contributed by atoms with Crippen LogP contribution in [0, 0.1) is 0 Å². The van der Waals surface area contributed by atoms with Gasteiger partial charge in [-0.3, -0.25) is 0 Å². The van der Waals surface area contributed by atoms with Gasteiger partial charge < -0.3 is 0 Å². The van der Waals surface area contributed by atoms with Crippen LogP contribution in [0.3, 0.4) is 0 Å². The Hall–Kier alpha value is -0.170. The molecule has 42 valence electrons. The smallest absolute Gasteiger partial charge is 0.166 e. The van der Waals surface area contributed by atoms with Gasteiger partial charge in [0.25, 0.3) is 0 Å². The van der Waals surface area contributed by atoms with Crippen LogP contribution in [0.2, 0.25) is 0 Å². The van der Waals surface area contributed by atoms with Crippen molar-refractivity contribution in [3.63, 3.8) is 0 Å². The van der Waals surface area contributed by atoms with E-state index in [4.69, 9.17) is 0 Å². The molecule has 6 heteroatoms. The molecule has 1 rings (SSSR count). The van der Waals surface area contributed by atoms with Crippen LogP contribution < -0.4 is 0 Å². The predicted octanol–water partition coefficient (Wildman–Crippen LogP) is -0.960. The summed E-state index contributed by atoms with van der Waals surface area (Å²) in [4.78, 5) is 0. The van der Waals surface area contributed by atoms with Gasteiger partial charge in [0.05, 0.1) is 0 Å². The van der Waals surface area contributed by atoms with Gasteiger partial charge in [-0.2, -0.15) is 8.42 Å². The Labute approximate surface area is 40.7 Å². The minimum atomic E-state index is -3.60. The predicted molar refractivity (Wildman–Crippen MR) is 18.9 cm³/mol. The first-order valence-electron chi connectivity index (χ1n) is 1.48. The molecule has 0 aromatic rings. The summed E-state index contributed by atoms with van der Waals surface area (Å²) in [7, 11) is -2.27. The first-order chi connectivity index (χ1) is 3.10. The van der Waals surface area contributed by atoms with Crippen LogP contribution in [0.15, 0.2) is 0 Å². The molecule has 5 nitrogen and oxygen atoms in total. The van der Waals surface area contributed by atoms with Gasteiger partial charge in [-0.1, -0.05) is 0 Å². The van der Waals surface area contributed by atoms with E-state index in [0.29, 0.717) is 0 Å². The van der Waals surface area contributed by atoms with Crippen molar-refractivity contribution in [3.8, 4) is 0 Å². The van der Waals surface area contributed by atoms with Gasteiger partial charge in [0, 0.05) is 7.05 Å². The summed E-state index contributed by atoms with van der Waals surface area (Å²) < 4.78 is 27.4. The summed E-state index contributed by atoms with van der Waals surface area (Å²) >= 11 is 0. The third kappa shape index (κ3) is 0.885. The van der Waals surface area contributed by atoms with E-state index in [-0.39, 0.29) is 0 Å². The molecule has 1 aliphatic heterocycles. The lowest BCUT2D eigenvalue weighted by molar-refractivity contribution is -0.308. The van der Waals surface area contributed by atoms with E-state index < -0.39 is 10.4 Å². The fourth-order valence-electron chi connectivity index (χ4n) is 0.263. The van der Waals surface area contributed by atoms with Crippen LogP contribution in [0.5, 0.6) is 0 Å². The number of hydrogen-bond acceptors (Lipinski definition) is 5. The Morgan fingerprint density at radius 2 is 1.86 bits per heavy atom. The second-order valence-corrected chi connectivity index (χ2v) is 2.11. The lowest BCUT2D eigenvalue weighted by Gasteiger charge is -2.21. The van der Waals surface area contributed by atoms with Crippen LogP contribution >= 0.6 is 0 Å². The van der Waals surface area contributed by atoms with Gasteiger partial charge in [0.2, 0.25) is 0 Å². The van der Waals surface area contributed by atoms with Gasteiger partial charge in [0.15, 0.2) is 0 Å². The van der Waals surface area contributed by atoms with E-state index in [1.165, 1.54) is 7.05 Å². The van der Waals surface area contributed by atoms with Crippen LogP contribution in [0.25, 0.3) is 0 Å². The van der Waals surface area contributed by atoms with Crippen molar-refractivity contribution in [1.82, 2.24) is 5.23 Å². The van der Waals surface area contributed by atoms with Gasteiger partial charge >= 0.3 is 10.4 Å². The summed E-state index contributed by atoms with van der Waals surface area (Å²) in [6.07, 6.45) is 0. The lowest BCUT2D eigenvalue weighted by Crippen LogP contribution is -2.38. The normalized spacial score (nSPS) is 29.3. The summed E-state index contributed by atoms with van der Waals surface area (Å²) in [5, 5.41) is 0.745. The van der Waals surface area contributed by atoms with Crippen molar-refractivity contribution in [2.75, 3.05) is 7.05 Å². The molecule has 7 heavy (non-hydrogen) atoms. The zero-order valence-electron chi connectivity index (χ0n) is 3.49. The molecule has 0 aromatic heterocycles. The van der Waals surface area contributed by atoms with Crippen LogP contribution in [0.1, 0.15) is 0 Å². The molecule has 0 bridgehead atoms. The van der Waals surface area contributed by atoms with Crippen LogP contribution in [-0.2, 0) is 19.0 Å². The Morgan fingerprint density at radius 3 is 1.86 bits per heavy atom. The number of rotatable bonds is 0. The summed E-state index contributed by atoms with van der Waals surface area (Å²) in [6, 6.07) is 0. The molecule has 0 atom stereocenters. The third-order valence-electron chi connectivity index (χ3n) is 0.393. The highest BCUT2D eigenvalue weighted by molar-refractivity contribution is 7.82. The van der Waals surface area contributed by atoms with Gasteiger partial charge in [-0.25, -0.2) is 0 Å². The standard InChI is InChI=1S/CH3NO4S/c1-2-5-7(3,4)6-2/h1H3. The number of nitrogens with zero attached hydrogens (tertiary/aromatic N) is 1. The van der Waals surface area contributed by atoms with E-state index in [0.717, 1.165) is 5.23 Å². The van der Waals surface area contributed by atoms with Crippen molar-refractivity contribution in [1.29, 1.82) is 0 Å². The monoisotopic (exact) mass is 125 g/mol. The van der Waals surface area contributed by atoms with Crippen molar-refractivity contribution in [2.24, 2.45) is 0 Å². The van der Waals surface area contributed by atoms with Gasteiger partial charge in [-0.05, 0) is 5.23 Å². The maximum atomic E-state index is 9.81. The van der Waals surface area contributed by atoms with Crippen molar-refractivity contribution in [2.45, 2.75) is 0 Å². The topological polar surface area (TPSA) is 55.8 Å². The molecule has 0 aliphatic carbocycles. The maximum Gasteiger partial charge on any atom is 0.436 e. The Kier molecular flexibility index (Phi) is 0.824. The van der Waals surface area contributed by atoms with Crippen LogP contribution in [-0.4, -0.2) is 20.7 Å². The second kappa shape index (κ2) is 1.16. The summed E-state index contributed by atoms with van der Waals surface area (Å²) in [5.74, 6) is 0. The quantitative estimate of drug-likeness (QED) is 0.417. The van der Waals surface area contributed by atoms with E-state index >= 15 is 0 Å². The largest absolute Gasteiger partial charge is 0.436 e. The first kappa shape index (κ1) is 4.98. The minimum Gasteiger partial charge on any atom is -0.166 e. The SMILES string of the molecule is CN1OS(=O)(=O)O1. The highest BCUT2D eigenvalue weighted by atomic mass is 32.3. The van der Waals surface area contributed by atoms with E-state index in [1.807, 2.05) is 0 Å². The number of hydroxylamine groups is 2. The second-order valence-electron chi connectivity index (χ2n) is 0.997. The van der Waals surface area contributed by atoms with Crippen molar-refractivity contribution >= 4 is 10.4 Å². The van der Waals surface area contributed by atoms with Gasteiger partial charge in [0.1, 0.15) is 0 Å². The summed E-state index contributed by atoms with van der Waals surface area (Å²) in [5.41, 5.74) is 0. The van der Waals surface area contributed by atoms with E-state index in [9.17, 15) is 8.42 Å². The molecular weight excluding hydrogens is 122 g/mol. The third-order valence-corrected chi connectivity index (χ3v) is 1.18. The van der Waals surface area contributed by atoms with Gasteiger partial charge in [-0.15, -0.1) is 8.57 Å². The average molecular weight is 125 g/mol.